The lowest BCUT2D eigenvalue weighted by Crippen LogP contribution is -2.41. The summed E-state index contributed by atoms with van der Waals surface area (Å²) in [5, 5.41) is 111. The Labute approximate surface area is 707 Å². The maximum absolute atomic E-state index is 14.1. The predicted octanol–water partition coefficient (Wildman–Crippen LogP) is -4.56. The Bertz CT molecular complexity index is 5460. The number of ether oxygens (including phenoxy) is 6. The molecule has 24 N–H and O–H groups in total. The third-order valence-corrected chi connectivity index (χ3v) is 22.6. The van der Waals surface area contributed by atoms with Gasteiger partial charge in [0.2, 0.25) is 17.7 Å². The summed E-state index contributed by atoms with van der Waals surface area (Å²) in [6.07, 6.45) is -14.1. The Kier molecular flexibility index (Phi) is 28.6. The number of rotatable bonds is 12. The van der Waals surface area contributed by atoms with Gasteiger partial charge in [-0.25, -0.2) is 43.7 Å². The summed E-state index contributed by atoms with van der Waals surface area (Å²) in [6.45, 7) is -1.59. The molecule has 0 radical (unpaired) electrons. The summed E-state index contributed by atoms with van der Waals surface area (Å²) in [4.78, 5) is 119. The topological polar surface area (TPSA) is 718 Å². The van der Waals surface area contributed by atoms with Crippen molar-refractivity contribution in [3.05, 3.63) is 134 Å². The molecule has 0 saturated carbocycles. The van der Waals surface area contributed by atoms with Crippen LogP contribution in [0.5, 0.6) is 0 Å². The van der Waals surface area contributed by atoms with Gasteiger partial charge in [0.15, 0.2) is 93.1 Å². The Morgan fingerprint density at radius 2 is 0.771 bits per heavy atom. The summed E-state index contributed by atoms with van der Waals surface area (Å²) in [7, 11) is 0. The number of nitrogens with zero attached hydrogens (tertiary/aromatic N) is 14. The second-order valence-corrected chi connectivity index (χ2v) is 33.6. The van der Waals surface area contributed by atoms with Crippen molar-refractivity contribution in [1.29, 1.82) is 0 Å². The third-order valence-electron chi connectivity index (χ3n) is 18.1. The molecule has 6 aliphatic heterocycles. The average Bonchev–Trinajstić information content (AvgIpc) is 1.61. The molecule has 0 aromatic carbocycles. The second kappa shape index (κ2) is 36.2. The van der Waals surface area contributed by atoms with E-state index >= 15 is 0 Å². The van der Waals surface area contributed by atoms with E-state index in [0.29, 0.717) is 32.0 Å². The largest absolute Gasteiger partial charge is 0.394 e. The van der Waals surface area contributed by atoms with Gasteiger partial charge in [-0.05, 0) is 6.92 Å². The fourth-order valence-corrected chi connectivity index (χ4v) is 15.3. The van der Waals surface area contributed by atoms with Gasteiger partial charge in [0.25, 0.3) is 27.4 Å². The molecule has 118 heavy (non-hydrogen) atoms. The number of halogens is 13. The van der Waals surface area contributed by atoms with Crippen molar-refractivity contribution in [1.82, 2.24) is 87.2 Å². The Morgan fingerprint density at radius 1 is 0.415 bits per heavy atom. The van der Waals surface area contributed by atoms with Crippen LogP contribution in [-0.2, 0) is 28.4 Å². The van der Waals surface area contributed by atoms with E-state index in [0.717, 1.165) is 16.8 Å². The molecule has 15 rings (SSSR count). The van der Waals surface area contributed by atoms with Crippen LogP contribution in [0.15, 0.2) is 83.5 Å². The highest BCUT2D eigenvalue weighted by Gasteiger charge is 2.61. The average molecular weight is 1900 g/mol. The van der Waals surface area contributed by atoms with Crippen molar-refractivity contribution >= 4 is 185 Å². The van der Waals surface area contributed by atoms with Crippen LogP contribution in [0.3, 0.4) is 0 Å². The van der Waals surface area contributed by atoms with E-state index in [1.54, 1.807) is 4.98 Å². The molecular formula is C58H65Cl11F2N22O25. The molecule has 6 aliphatic rings. The fourth-order valence-electron chi connectivity index (χ4n) is 12.0. The molecule has 9 aromatic heterocycles. The highest BCUT2D eigenvalue weighted by molar-refractivity contribution is 6.51. The smallest absolute Gasteiger partial charge is 0.330 e. The highest BCUT2D eigenvalue weighted by atomic mass is 35.5. The van der Waals surface area contributed by atoms with Gasteiger partial charge in [-0.15, -0.1) is 0 Å². The molecule has 0 aliphatic carbocycles. The predicted molar refractivity (Wildman–Crippen MR) is 409 cm³/mol. The molecule has 0 amide bonds. The Balaban J connectivity index is 0.000000149. The van der Waals surface area contributed by atoms with Crippen molar-refractivity contribution in [2.45, 2.75) is 144 Å². The summed E-state index contributed by atoms with van der Waals surface area (Å²) in [5.74, 6) is -1.09. The second-order valence-electron chi connectivity index (χ2n) is 25.8. The van der Waals surface area contributed by atoms with Gasteiger partial charge in [0.1, 0.15) is 90.6 Å². The molecule has 9 aromatic rings. The van der Waals surface area contributed by atoms with E-state index in [1.807, 2.05) is 4.98 Å². The zero-order valence-electron chi connectivity index (χ0n) is 58.9. The van der Waals surface area contributed by atoms with Crippen molar-refractivity contribution in [2.24, 2.45) is 0 Å². The maximum Gasteiger partial charge on any atom is 0.330 e. The minimum absolute atomic E-state index is 0.0267. The molecular weight excluding hydrogens is 1830 g/mol. The van der Waals surface area contributed by atoms with E-state index in [9.17, 15) is 78.1 Å². The van der Waals surface area contributed by atoms with Crippen LogP contribution in [0.1, 0.15) is 42.9 Å². The number of aryl methyl sites for hydroxylation is 1. The Morgan fingerprint density at radius 3 is 1.18 bits per heavy atom. The molecule has 0 spiro atoms. The maximum atomic E-state index is 14.1. The number of imidazole rings is 3. The normalized spacial score (nSPS) is 30.0. The van der Waals surface area contributed by atoms with Gasteiger partial charge in [0.05, 0.1) is 64.8 Å². The molecule has 15 heterocycles. The van der Waals surface area contributed by atoms with Gasteiger partial charge in [0, 0.05) is 24.0 Å². The zero-order valence-corrected chi connectivity index (χ0v) is 67.2. The fraction of sp³-hybridized carbons (Fsp3) is 0.534. The van der Waals surface area contributed by atoms with Crippen LogP contribution in [0.2, 0.25) is 0 Å². The number of nitrogens with two attached hydrogens (primary N) is 4. The van der Waals surface area contributed by atoms with E-state index in [2.05, 4.69) is 49.8 Å². The highest BCUT2D eigenvalue weighted by Crippen LogP contribution is 2.52. The molecule has 6 fully saturated rings. The van der Waals surface area contributed by atoms with E-state index < -0.39 is 222 Å². The van der Waals surface area contributed by atoms with Crippen LogP contribution in [0.4, 0.5) is 32.3 Å². The number of aromatic nitrogens is 18. The first-order valence-electron chi connectivity index (χ1n) is 33.1. The first kappa shape index (κ1) is 93.3. The van der Waals surface area contributed by atoms with Gasteiger partial charge in [-0.1, -0.05) is 128 Å². The number of fused-ring (bicyclic) bond motifs is 3. The van der Waals surface area contributed by atoms with Gasteiger partial charge < -0.3 is 113 Å². The monoisotopic (exact) mass is 1890 g/mol. The molecule has 19 atom stereocenters. The van der Waals surface area contributed by atoms with Gasteiger partial charge in [-0.3, -0.25) is 66.5 Å². The van der Waals surface area contributed by atoms with Crippen LogP contribution in [0.25, 0.3) is 33.5 Å². The number of alkyl halides is 12. The lowest BCUT2D eigenvalue weighted by atomic mass is 10.1. The lowest BCUT2D eigenvalue weighted by Gasteiger charge is -2.24. The standard InChI is InChI=1S/C10H12Cl2N6O3.C10H11Cl2N5O4.C10H11Cl2N5O3.C10H12Cl2N2O5.C9H9Cl2FN2O5.C9H10ClFN2O5/c11-10(12)5(20)3(1-19)21-8(10)18-2-15-4-6(13)16-9(14)17-7(4)18;11-10(12)5(19)3(1-18)21-8(10)17-2-14-4-6(17)15-9(13)16-7(4)20;11-10(12)6(19)4(1-18)20-9(10)17-3-16-5-7(13)14-2-15-8(5)17;1-4-2-14(9(18)13-7(4)17)8-10(11,12)6(16)5(3-15)19-8;10-9(11)5(16)4(2-15)19-7(9)14-1-3(12)6(17)13-8(14)18;10-9(11)6(16)4(3-14)18-7(9)13-2-1-5(15)12-8(13)17/h2-3,5,8,19-20H,1H2,(H4,13,14,16,17);2-3,5,8,18-19H,1H2,(H3,13,15,16,20);2-4,6,9,18-19H,1H2,(H2,13,14,15);2,5-6,8,15-16H,3H2,1H3,(H,13,17,18);1,4-5,7,15-16H,2H2,(H,13,17,18);1-2,4,6-7,14,16H,3H2,(H,12,15,17)/t2*3-,5-,8-;4-,6-,9-;5-,6-,8-;4-,5-,7-;4-,6-,7-,9+/m111111/s1. The summed E-state index contributed by atoms with van der Waals surface area (Å²) < 4.78 is 56.6. The molecule has 648 valence electrons. The van der Waals surface area contributed by atoms with Gasteiger partial charge >= 0.3 is 17.1 Å². The Hall–Kier alpha value is -6.98. The number of aliphatic hydroxyl groups excluding tert-OH is 12. The number of H-pyrrole nitrogens is 4. The SMILES string of the molecule is Cc1cn([C@@H]2O[C@H](CO)[C@@H](O)C2(Cl)Cl)c(=O)[nH]c1=O.Nc1nc(N)c2ncn([C@@H]3O[C@H](CO)[C@@H](O)C3(Cl)Cl)c2n1.Nc1nc2c(ncn2[C@@H]2O[C@H](CO)[C@@H](O)C2(Cl)Cl)c(=O)[nH]1.Nc1ncnc2c1ncn2[C@@H]1O[C@H](CO)[C@@H](O)C1(Cl)Cl.O=c1[nH]c(=O)n([C@@H]2O[C@H](CO)[C@@H](O)C2(Cl)Cl)cc1F.O=c1ccn([C@@H]2O[C@H](CO)[C@@H](O)[C@@]2(F)Cl)c(=O)[nH]1. The van der Waals surface area contributed by atoms with Crippen molar-refractivity contribution in [3.63, 3.8) is 0 Å². The van der Waals surface area contributed by atoms with Crippen LogP contribution in [0, 0.1) is 12.7 Å². The zero-order chi connectivity index (χ0) is 87.5. The van der Waals surface area contributed by atoms with Crippen LogP contribution < -0.4 is 62.2 Å². The quantitative estimate of drug-likeness (QED) is 0.0512. The van der Waals surface area contributed by atoms with E-state index in [-0.39, 0.29) is 45.9 Å². The lowest BCUT2D eigenvalue weighted by molar-refractivity contribution is -0.0518. The first-order valence-corrected chi connectivity index (χ1v) is 37.3. The summed E-state index contributed by atoms with van der Waals surface area (Å²) in [5.41, 5.74) is 18.6. The minimum atomic E-state index is -2.78. The number of nitrogens with one attached hydrogen (secondary N) is 4. The third kappa shape index (κ3) is 17.8. The van der Waals surface area contributed by atoms with E-state index in [1.165, 1.54) is 52.1 Å². The molecule has 47 nitrogen and oxygen atoms in total. The van der Waals surface area contributed by atoms with Crippen molar-refractivity contribution in [3.8, 4) is 0 Å². The number of aromatic amines is 4. The van der Waals surface area contributed by atoms with Crippen LogP contribution >= 0.6 is 128 Å². The van der Waals surface area contributed by atoms with Crippen molar-refractivity contribution in [2.75, 3.05) is 62.6 Å². The van der Waals surface area contributed by atoms with Crippen molar-refractivity contribution < 1.29 is 98.5 Å². The van der Waals surface area contributed by atoms with E-state index in [4.69, 9.17) is 204 Å². The van der Waals surface area contributed by atoms with Crippen LogP contribution in [-0.4, -0.2) is 288 Å². The first-order chi connectivity index (χ1) is 55.1. The summed E-state index contributed by atoms with van der Waals surface area (Å²) >= 11 is 66.0. The molecule has 6 saturated heterocycles. The number of aliphatic hydroxyl groups is 12. The number of hydrogen-bond acceptors (Lipinski definition) is 37. The summed E-state index contributed by atoms with van der Waals surface area (Å²) in [6, 6.07) is 0.983. The number of anilines is 4. The van der Waals surface area contributed by atoms with Gasteiger partial charge in [-0.2, -0.15) is 19.3 Å². The minimum Gasteiger partial charge on any atom is -0.394 e. The number of hydrogen-bond donors (Lipinski definition) is 20. The number of nitrogen functional groups attached to an aromatic ring is 4. The molecule has 60 heteroatoms. The molecule has 0 bridgehead atoms. The molecule has 0 unspecified atom stereocenters.